The molecule has 3 aromatic carbocycles. The van der Waals surface area contributed by atoms with Gasteiger partial charge in [-0.25, -0.2) is 0 Å². The number of halogens is 5. The molecule has 3 nitrogen and oxygen atoms in total. The van der Waals surface area contributed by atoms with E-state index >= 15 is 0 Å². The van der Waals surface area contributed by atoms with Gasteiger partial charge in [0.25, 0.3) is 0 Å². The van der Waals surface area contributed by atoms with E-state index in [2.05, 4.69) is 31.9 Å². The molecule has 32 heavy (non-hydrogen) atoms. The first-order valence-corrected chi connectivity index (χ1v) is 10.8. The van der Waals surface area contributed by atoms with Gasteiger partial charge < -0.3 is 9.47 Å². The van der Waals surface area contributed by atoms with Gasteiger partial charge in [0.1, 0.15) is 6.61 Å². The largest absolute Gasteiger partial charge is 0.493 e. The molecule has 0 unspecified atom stereocenters. The van der Waals surface area contributed by atoms with Gasteiger partial charge in [-0.05, 0) is 53.6 Å². The number of benzene rings is 3. The van der Waals surface area contributed by atoms with Crippen molar-refractivity contribution in [2.24, 2.45) is 0 Å². The Hall–Kier alpha value is -2.76. The van der Waals surface area contributed by atoms with Crippen LogP contribution in [0, 0.1) is 11.3 Å². The summed E-state index contributed by atoms with van der Waals surface area (Å²) in [6, 6.07) is 17.5. The monoisotopic (exact) mass is 565 g/mol. The fourth-order valence-corrected chi connectivity index (χ4v) is 4.06. The molecule has 0 atom stereocenters. The number of allylic oxidation sites excluding steroid dienone is 1. The van der Waals surface area contributed by atoms with Crippen molar-refractivity contribution in [2.45, 2.75) is 12.8 Å². The molecule has 0 radical (unpaired) electrons. The lowest BCUT2D eigenvalue weighted by molar-refractivity contribution is -0.137. The number of hydrogen-bond donors (Lipinski definition) is 0. The molecular formula is C24H16Br2F3NO2. The van der Waals surface area contributed by atoms with E-state index in [9.17, 15) is 18.4 Å². The summed E-state index contributed by atoms with van der Waals surface area (Å²) < 4.78 is 52.1. The number of nitriles is 1. The highest BCUT2D eigenvalue weighted by Gasteiger charge is 2.30. The molecule has 164 valence electrons. The van der Waals surface area contributed by atoms with E-state index < -0.39 is 11.7 Å². The lowest BCUT2D eigenvalue weighted by atomic mass is 10.0. The average Bonchev–Trinajstić information content (AvgIpc) is 2.76. The molecule has 0 spiro atoms. The first-order chi connectivity index (χ1) is 15.2. The summed E-state index contributed by atoms with van der Waals surface area (Å²) in [6.07, 6.45) is -2.98. The van der Waals surface area contributed by atoms with Crippen molar-refractivity contribution in [2.75, 3.05) is 7.11 Å². The number of alkyl halides is 3. The maximum atomic E-state index is 13.0. The summed E-state index contributed by atoms with van der Waals surface area (Å²) in [7, 11) is 1.49. The average molecular weight is 567 g/mol. The van der Waals surface area contributed by atoms with Crippen molar-refractivity contribution >= 4 is 43.5 Å². The second-order valence-corrected chi connectivity index (χ2v) is 8.45. The Balaban J connectivity index is 1.86. The Labute approximate surface area is 200 Å². The van der Waals surface area contributed by atoms with Crippen LogP contribution in [-0.4, -0.2) is 7.11 Å². The summed E-state index contributed by atoms with van der Waals surface area (Å²) in [6.45, 7) is 0.299. The fraction of sp³-hybridized carbons (Fsp3) is 0.125. The highest BCUT2D eigenvalue weighted by atomic mass is 79.9. The molecule has 3 aromatic rings. The minimum atomic E-state index is -4.48. The Bertz CT molecular complexity index is 1200. The predicted molar refractivity (Wildman–Crippen MR) is 124 cm³/mol. The van der Waals surface area contributed by atoms with E-state index in [1.54, 1.807) is 18.2 Å². The molecule has 0 aromatic heterocycles. The summed E-state index contributed by atoms with van der Waals surface area (Å²) in [4.78, 5) is 0. The Kier molecular flexibility index (Phi) is 7.64. The Morgan fingerprint density at radius 2 is 1.81 bits per heavy atom. The lowest BCUT2D eigenvalue weighted by Gasteiger charge is -2.13. The molecule has 0 N–H and O–H groups in total. The zero-order valence-electron chi connectivity index (χ0n) is 16.7. The molecule has 0 saturated heterocycles. The fourth-order valence-electron chi connectivity index (χ4n) is 2.90. The highest BCUT2D eigenvalue weighted by molar-refractivity contribution is 9.11. The van der Waals surface area contributed by atoms with Gasteiger partial charge in [0.2, 0.25) is 0 Å². The second-order valence-electron chi connectivity index (χ2n) is 6.68. The molecule has 0 fully saturated rings. The first-order valence-electron chi connectivity index (χ1n) is 9.25. The van der Waals surface area contributed by atoms with E-state index in [0.717, 1.165) is 26.6 Å². The third kappa shape index (κ3) is 5.93. The van der Waals surface area contributed by atoms with E-state index in [1.165, 1.54) is 25.3 Å². The van der Waals surface area contributed by atoms with Crippen LogP contribution in [0.25, 0.3) is 11.6 Å². The van der Waals surface area contributed by atoms with E-state index in [1.807, 2.05) is 24.3 Å². The molecule has 8 heteroatoms. The van der Waals surface area contributed by atoms with Crippen molar-refractivity contribution in [3.8, 4) is 17.6 Å². The maximum absolute atomic E-state index is 13.0. The quantitative estimate of drug-likeness (QED) is 0.225. The van der Waals surface area contributed by atoms with E-state index in [-0.39, 0.29) is 11.1 Å². The first kappa shape index (κ1) is 23.9. The standard InChI is InChI=1S/C24H16Br2F3NO2/c1-31-23-10-15(5-8-22(23)32-14-17-6-7-20(25)12-21(17)26)9-18(13-30)16-3-2-4-19(11-16)24(27,28)29/h2-12H,14H2,1H3/b18-9-. The summed E-state index contributed by atoms with van der Waals surface area (Å²) in [5.41, 5.74) is 1.01. The third-order valence-electron chi connectivity index (χ3n) is 4.52. The van der Waals surface area contributed by atoms with Crippen LogP contribution in [0.2, 0.25) is 0 Å². The minimum absolute atomic E-state index is 0.102. The van der Waals surface area contributed by atoms with E-state index in [0.29, 0.717) is 23.7 Å². The van der Waals surface area contributed by atoms with Gasteiger partial charge in [0.05, 0.1) is 24.3 Å². The van der Waals surface area contributed by atoms with Gasteiger partial charge in [-0.15, -0.1) is 0 Å². The zero-order chi connectivity index (χ0) is 23.3. The van der Waals surface area contributed by atoms with Crippen LogP contribution in [0.4, 0.5) is 13.2 Å². The lowest BCUT2D eigenvalue weighted by Crippen LogP contribution is -2.04. The molecule has 0 aliphatic carbocycles. The van der Waals surface area contributed by atoms with Crippen LogP contribution in [-0.2, 0) is 12.8 Å². The smallest absolute Gasteiger partial charge is 0.416 e. The van der Waals surface area contributed by atoms with Crippen LogP contribution >= 0.6 is 31.9 Å². The van der Waals surface area contributed by atoms with Gasteiger partial charge in [-0.1, -0.05) is 56.1 Å². The van der Waals surface area contributed by atoms with Crippen molar-refractivity contribution in [3.63, 3.8) is 0 Å². The van der Waals surface area contributed by atoms with Crippen LogP contribution in [0.1, 0.15) is 22.3 Å². The Morgan fingerprint density at radius 3 is 2.47 bits per heavy atom. The Morgan fingerprint density at radius 1 is 1.03 bits per heavy atom. The molecule has 3 rings (SSSR count). The summed E-state index contributed by atoms with van der Waals surface area (Å²) >= 11 is 6.90. The van der Waals surface area contributed by atoms with Crippen molar-refractivity contribution in [3.05, 3.63) is 91.9 Å². The molecule has 0 saturated carbocycles. The van der Waals surface area contributed by atoms with Gasteiger partial charge >= 0.3 is 6.18 Å². The molecule has 0 heterocycles. The summed E-state index contributed by atoms with van der Waals surface area (Å²) in [5, 5.41) is 9.51. The van der Waals surface area contributed by atoms with Gasteiger partial charge in [-0.3, -0.25) is 0 Å². The molecular weight excluding hydrogens is 551 g/mol. The van der Waals surface area contributed by atoms with Gasteiger partial charge in [-0.2, -0.15) is 18.4 Å². The van der Waals surface area contributed by atoms with Crippen LogP contribution < -0.4 is 9.47 Å². The van der Waals surface area contributed by atoms with Crippen LogP contribution in [0.15, 0.2) is 69.6 Å². The van der Waals surface area contributed by atoms with E-state index in [4.69, 9.17) is 9.47 Å². The topological polar surface area (TPSA) is 42.2 Å². The SMILES string of the molecule is COc1cc(/C=C(/C#N)c2cccc(C(F)(F)F)c2)ccc1OCc1ccc(Br)cc1Br. The molecule has 0 amide bonds. The van der Waals surface area contributed by atoms with Crippen LogP contribution in [0.5, 0.6) is 11.5 Å². The molecule has 0 aliphatic rings. The summed E-state index contributed by atoms with van der Waals surface area (Å²) in [5.74, 6) is 0.936. The third-order valence-corrected chi connectivity index (χ3v) is 5.75. The zero-order valence-corrected chi connectivity index (χ0v) is 19.9. The minimum Gasteiger partial charge on any atom is -0.493 e. The van der Waals surface area contributed by atoms with Crippen molar-refractivity contribution in [1.29, 1.82) is 5.26 Å². The number of nitrogens with zero attached hydrogens (tertiary/aromatic N) is 1. The molecule has 0 bridgehead atoms. The van der Waals surface area contributed by atoms with Gasteiger partial charge in [0.15, 0.2) is 11.5 Å². The van der Waals surface area contributed by atoms with Crippen molar-refractivity contribution in [1.82, 2.24) is 0 Å². The molecule has 0 aliphatic heterocycles. The number of ether oxygens (including phenoxy) is 2. The second kappa shape index (κ2) is 10.2. The maximum Gasteiger partial charge on any atom is 0.416 e. The highest BCUT2D eigenvalue weighted by Crippen LogP contribution is 2.33. The number of rotatable bonds is 6. The number of methoxy groups -OCH3 is 1. The number of hydrogen-bond acceptors (Lipinski definition) is 3. The van der Waals surface area contributed by atoms with Crippen molar-refractivity contribution < 1.29 is 22.6 Å². The normalized spacial score (nSPS) is 11.7. The van der Waals surface area contributed by atoms with Gasteiger partial charge in [0, 0.05) is 14.5 Å². The predicted octanol–water partition coefficient (Wildman–Crippen LogP) is 7.88. The van der Waals surface area contributed by atoms with Crippen LogP contribution in [0.3, 0.4) is 0 Å².